The molecule has 0 radical (unpaired) electrons. The lowest BCUT2D eigenvalue weighted by Crippen LogP contribution is -2.45. The van der Waals surface area contributed by atoms with Crippen molar-refractivity contribution >= 4 is 12.2 Å². The second kappa shape index (κ2) is 13.9. The number of fused-ring (bicyclic) bond motifs is 5. The molecule has 0 N–H and O–H groups in total. The van der Waals surface area contributed by atoms with Crippen LogP contribution in [-0.2, 0) is 4.74 Å². The van der Waals surface area contributed by atoms with E-state index in [-0.39, 0.29) is 12.1 Å². The normalized spacial score (nSPS) is 35.0. The molecule has 0 aromatic heterocycles. The molecule has 8 aliphatic carbocycles. The van der Waals surface area contributed by atoms with Crippen molar-refractivity contribution in [3.05, 3.63) is 153 Å². The Hall–Kier alpha value is -4.24. The van der Waals surface area contributed by atoms with Crippen LogP contribution in [-0.4, -0.2) is 40.1 Å². The van der Waals surface area contributed by atoms with E-state index in [0.717, 1.165) is 25.7 Å². The van der Waals surface area contributed by atoms with Crippen molar-refractivity contribution in [1.29, 1.82) is 0 Å². The summed E-state index contributed by atoms with van der Waals surface area (Å²) in [6, 6.07) is 10.4. The van der Waals surface area contributed by atoms with Crippen molar-refractivity contribution in [2.75, 3.05) is 0 Å². The van der Waals surface area contributed by atoms with Gasteiger partial charge in [-0.3, -0.25) is 0 Å². The van der Waals surface area contributed by atoms with E-state index in [4.69, 9.17) is 4.74 Å². The summed E-state index contributed by atoms with van der Waals surface area (Å²) in [5.74, 6) is 3.34. The predicted molar refractivity (Wildman–Crippen MR) is 218 cm³/mol. The van der Waals surface area contributed by atoms with E-state index >= 15 is 0 Å². The summed E-state index contributed by atoms with van der Waals surface area (Å²) < 4.78 is 7.01. The van der Waals surface area contributed by atoms with Gasteiger partial charge in [0.2, 0.25) is 0 Å². The van der Waals surface area contributed by atoms with Gasteiger partial charge in [-0.1, -0.05) is 123 Å². The van der Waals surface area contributed by atoms with Crippen LogP contribution in [0.3, 0.4) is 0 Å². The molecule has 1 heterocycles. The molecule has 0 spiro atoms. The highest BCUT2D eigenvalue weighted by Gasteiger charge is 2.42. The van der Waals surface area contributed by atoms with Crippen LogP contribution in [0.25, 0.3) is 12.2 Å². The van der Waals surface area contributed by atoms with E-state index < -0.39 is 0 Å². The molecule has 1 aliphatic heterocycles. The number of allylic oxidation sites excluding steroid dienone is 11. The lowest BCUT2D eigenvalue weighted by Gasteiger charge is -2.46. The molecule has 0 amide bonds. The van der Waals surface area contributed by atoms with Gasteiger partial charge in [0.15, 0.2) is 0 Å². The highest BCUT2D eigenvalue weighted by atomic mass is 16.5. The van der Waals surface area contributed by atoms with Crippen LogP contribution in [0.4, 0.5) is 0 Å². The lowest BCUT2D eigenvalue weighted by molar-refractivity contribution is 0.141. The molecule has 3 heteroatoms. The van der Waals surface area contributed by atoms with E-state index in [1.165, 1.54) is 83.6 Å². The Bertz CT molecular complexity index is 2090. The molecule has 9 unspecified atom stereocenters. The van der Waals surface area contributed by atoms with E-state index in [9.17, 15) is 0 Å². The zero-order valence-electron chi connectivity index (χ0n) is 31.7. The maximum atomic E-state index is 7.01. The number of benzene rings is 1. The third-order valence-electron chi connectivity index (χ3n) is 13.7. The van der Waals surface area contributed by atoms with Crippen molar-refractivity contribution in [3.63, 3.8) is 0 Å². The van der Waals surface area contributed by atoms with Crippen LogP contribution >= 0.6 is 0 Å². The topological polar surface area (TPSA) is 15.7 Å². The summed E-state index contributed by atoms with van der Waals surface area (Å²) >= 11 is 0. The van der Waals surface area contributed by atoms with Gasteiger partial charge in [0.1, 0.15) is 11.9 Å². The fraction of sp³-hybridized carbons (Fsp3) is 0.440. The molecule has 1 aromatic carbocycles. The van der Waals surface area contributed by atoms with Crippen LogP contribution in [0.5, 0.6) is 0 Å². The smallest absolute Gasteiger partial charge is 0.127 e. The standard InChI is InChI=1S/C50H56N2O/c1-33-9-7-15-41(25-33)51(43-20-17-35-11-3-5-13-37(35)27-43)45-22-19-39-30-48-47-24-23-46(32-50(47)53-49(48)31-40(39)29-45)52(42-16-8-10-34(2)26-42)44-21-18-36-12-4-6-14-38(36)28-44/h4-6,8,12-14,16-19,22-26,28,30-31,33-34,37,43-46,48-49H,3,7,9-11,15,20-21,27,29,32H2,1-2H3. The first kappa shape index (κ1) is 33.3. The van der Waals surface area contributed by atoms with Crippen LogP contribution in [0.15, 0.2) is 143 Å². The molecule has 9 aliphatic rings. The molecule has 0 fully saturated rings. The fourth-order valence-electron chi connectivity index (χ4n) is 11.1. The van der Waals surface area contributed by atoms with Crippen molar-refractivity contribution in [1.82, 2.24) is 9.80 Å². The summed E-state index contributed by atoms with van der Waals surface area (Å²) in [5.41, 5.74) is 8.94. The summed E-state index contributed by atoms with van der Waals surface area (Å²) in [7, 11) is 0. The molecule has 3 nitrogen and oxygen atoms in total. The number of nitrogens with zero attached hydrogens (tertiary/aromatic N) is 2. The van der Waals surface area contributed by atoms with Gasteiger partial charge in [-0.05, 0) is 116 Å². The molecule has 1 aromatic rings. The average molecular weight is 701 g/mol. The van der Waals surface area contributed by atoms with E-state index in [2.05, 4.69) is 139 Å². The first-order valence-corrected chi connectivity index (χ1v) is 21.0. The Morgan fingerprint density at radius 2 is 1.60 bits per heavy atom. The molecule has 9 atom stereocenters. The lowest BCUT2D eigenvalue weighted by atomic mass is 9.76. The molecule has 53 heavy (non-hydrogen) atoms. The number of rotatable bonds is 6. The van der Waals surface area contributed by atoms with E-state index in [1.807, 2.05) is 0 Å². The van der Waals surface area contributed by atoms with Crippen molar-refractivity contribution in [2.24, 2.45) is 23.7 Å². The zero-order chi connectivity index (χ0) is 35.5. The van der Waals surface area contributed by atoms with Gasteiger partial charge in [0.25, 0.3) is 0 Å². The third kappa shape index (κ3) is 6.32. The van der Waals surface area contributed by atoms with Crippen molar-refractivity contribution < 1.29 is 4.74 Å². The Morgan fingerprint density at radius 3 is 2.51 bits per heavy atom. The number of hydrogen-bond donors (Lipinski definition) is 0. The van der Waals surface area contributed by atoms with Gasteiger partial charge in [-0.25, -0.2) is 0 Å². The quantitative estimate of drug-likeness (QED) is 0.275. The highest BCUT2D eigenvalue weighted by molar-refractivity contribution is 5.54. The minimum atomic E-state index is 0.0907. The van der Waals surface area contributed by atoms with Crippen LogP contribution in [0.1, 0.15) is 84.5 Å². The van der Waals surface area contributed by atoms with Gasteiger partial charge in [0, 0.05) is 35.3 Å². The summed E-state index contributed by atoms with van der Waals surface area (Å²) in [6.45, 7) is 4.76. The molecule has 10 rings (SSSR count). The van der Waals surface area contributed by atoms with Gasteiger partial charge in [-0.2, -0.15) is 0 Å². The predicted octanol–water partition coefficient (Wildman–Crippen LogP) is 9.66. The SMILES string of the molecule is CC1C=C(N(C2C=c3ccccc3=CC2)C2C=CC3=C(C2)OC2C=C4CC(N(C5=CC(C)CCC5)C5CC=C6CCC=CC6C5)C=CC4=CC32)C=CC1. The van der Waals surface area contributed by atoms with Crippen molar-refractivity contribution in [3.8, 4) is 0 Å². The second-order valence-corrected chi connectivity index (χ2v) is 17.4. The maximum absolute atomic E-state index is 7.01. The third-order valence-corrected chi connectivity index (χ3v) is 13.7. The summed E-state index contributed by atoms with van der Waals surface area (Å²) in [5, 5.41) is 2.70. The Morgan fingerprint density at radius 1 is 0.717 bits per heavy atom. The molecular formula is C50H56N2O. The van der Waals surface area contributed by atoms with Crippen LogP contribution in [0.2, 0.25) is 0 Å². The van der Waals surface area contributed by atoms with E-state index in [0.29, 0.717) is 41.8 Å². The minimum Gasteiger partial charge on any atom is -0.489 e. The Balaban J connectivity index is 0.902. The largest absolute Gasteiger partial charge is 0.489 e. The molecular weight excluding hydrogens is 645 g/mol. The average Bonchev–Trinajstić information content (AvgIpc) is 3.53. The Labute approximate surface area is 317 Å². The zero-order valence-corrected chi connectivity index (χ0v) is 31.7. The minimum absolute atomic E-state index is 0.0907. The van der Waals surface area contributed by atoms with Crippen molar-refractivity contribution in [2.45, 2.75) is 115 Å². The molecule has 0 saturated heterocycles. The first-order valence-electron chi connectivity index (χ1n) is 21.0. The van der Waals surface area contributed by atoms with E-state index in [1.54, 1.807) is 11.3 Å². The summed E-state index contributed by atoms with van der Waals surface area (Å²) in [4.78, 5) is 5.58. The fourth-order valence-corrected chi connectivity index (χ4v) is 11.1. The highest BCUT2D eigenvalue weighted by Crippen LogP contribution is 2.47. The molecule has 0 saturated carbocycles. The van der Waals surface area contributed by atoms with Gasteiger partial charge in [-0.15, -0.1) is 0 Å². The monoisotopic (exact) mass is 700 g/mol. The Kier molecular flexibility index (Phi) is 8.73. The van der Waals surface area contributed by atoms with Gasteiger partial charge in [0.05, 0.1) is 18.1 Å². The maximum Gasteiger partial charge on any atom is 0.127 e. The summed E-state index contributed by atoms with van der Waals surface area (Å²) in [6.07, 6.45) is 50.3. The van der Waals surface area contributed by atoms with Gasteiger partial charge < -0.3 is 14.5 Å². The molecule has 0 bridgehead atoms. The number of hydrogen-bond acceptors (Lipinski definition) is 3. The second-order valence-electron chi connectivity index (χ2n) is 17.4. The molecule has 272 valence electrons. The van der Waals surface area contributed by atoms with Crippen LogP contribution < -0.4 is 10.4 Å². The number of ether oxygens (including phenoxy) is 1. The van der Waals surface area contributed by atoms with Gasteiger partial charge >= 0.3 is 0 Å². The first-order chi connectivity index (χ1) is 26.0. The van der Waals surface area contributed by atoms with Crippen LogP contribution in [0, 0.1) is 23.7 Å².